The van der Waals surface area contributed by atoms with Crippen LogP contribution in [-0.4, -0.2) is 5.21 Å². The molecule has 0 unspecified atom stereocenters. The smallest absolute Gasteiger partial charge is 0.123 e. The van der Waals surface area contributed by atoms with Gasteiger partial charge in [0.2, 0.25) is 0 Å². The third kappa shape index (κ3) is 2.29. The van der Waals surface area contributed by atoms with E-state index in [1.54, 1.807) is 0 Å². The first-order valence-corrected chi connectivity index (χ1v) is 3.91. The fraction of sp³-hybridized carbons (Fsp3) is 0.333. The van der Waals surface area contributed by atoms with Gasteiger partial charge in [0.25, 0.3) is 0 Å². The van der Waals surface area contributed by atoms with Crippen LogP contribution in [-0.2, 0) is 13.0 Å². The fourth-order valence-corrected chi connectivity index (χ4v) is 1.11. The van der Waals surface area contributed by atoms with Gasteiger partial charge in [-0.2, -0.15) is 0 Å². The molecule has 0 aliphatic rings. The molecule has 12 heavy (non-hydrogen) atoms. The van der Waals surface area contributed by atoms with Crippen LogP contribution in [0.25, 0.3) is 0 Å². The van der Waals surface area contributed by atoms with Crippen molar-refractivity contribution in [2.75, 3.05) is 0 Å². The van der Waals surface area contributed by atoms with Crippen LogP contribution in [0, 0.1) is 5.82 Å². The van der Waals surface area contributed by atoms with Gasteiger partial charge in [-0.05, 0) is 29.7 Å². The van der Waals surface area contributed by atoms with E-state index in [1.807, 2.05) is 18.5 Å². The molecule has 1 aromatic carbocycles. The first kappa shape index (κ1) is 9.16. The molecule has 2 nitrogen and oxygen atoms in total. The summed E-state index contributed by atoms with van der Waals surface area (Å²) >= 11 is 0. The van der Waals surface area contributed by atoms with Gasteiger partial charge in [0.05, 0.1) is 0 Å². The Hall–Kier alpha value is -0.930. The summed E-state index contributed by atoms with van der Waals surface area (Å²) in [6.07, 6.45) is 0.802. The Bertz CT molecular complexity index is 263. The van der Waals surface area contributed by atoms with Crippen molar-refractivity contribution in [3.8, 4) is 0 Å². The van der Waals surface area contributed by atoms with E-state index in [0.717, 1.165) is 17.5 Å². The third-order valence-electron chi connectivity index (χ3n) is 1.71. The van der Waals surface area contributed by atoms with Crippen molar-refractivity contribution in [1.29, 1.82) is 0 Å². The molecule has 0 atom stereocenters. The molecule has 0 saturated heterocycles. The minimum atomic E-state index is -0.250. The van der Waals surface area contributed by atoms with E-state index in [1.165, 1.54) is 12.1 Å². The normalized spacial score (nSPS) is 10.2. The van der Waals surface area contributed by atoms with E-state index >= 15 is 0 Å². The number of benzene rings is 1. The molecular weight excluding hydrogens is 157 g/mol. The van der Waals surface area contributed by atoms with Crippen molar-refractivity contribution in [2.24, 2.45) is 0 Å². The van der Waals surface area contributed by atoms with E-state index < -0.39 is 0 Å². The van der Waals surface area contributed by atoms with Crippen LogP contribution in [0.15, 0.2) is 18.2 Å². The molecule has 2 N–H and O–H groups in total. The Morgan fingerprint density at radius 1 is 1.33 bits per heavy atom. The Morgan fingerprint density at radius 3 is 2.58 bits per heavy atom. The summed E-state index contributed by atoms with van der Waals surface area (Å²) < 4.78 is 12.8. The van der Waals surface area contributed by atoms with Crippen LogP contribution in [0.4, 0.5) is 4.39 Å². The van der Waals surface area contributed by atoms with Crippen LogP contribution in [0.1, 0.15) is 18.1 Å². The van der Waals surface area contributed by atoms with Crippen LogP contribution < -0.4 is 5.48 Å². The first-order chi connectivity index (χ1) is 5.76. The number of aryl methyl sites for hydroxylation is 1. The number of halogens is 1. The number of hydroxylamine groups is 1. The predicted octanol–water partition coefficient (Wildman–Crippen LogP) is 1.87. The van der Waals surface area contributed by atoms with Crippen LogP contribution >= 0.6 is 0 Å². The van der Waals surface area contributed by atoms with E-state index in [4.69, 9.17) is 5.21 Å². The lowest BCUT2D eigenvalue weighted by atomic mass is 10.1. The van der Waals surface area contributed by atoms with Gasteiger partial charge >= 0.3 is 0 Å². The molecule has 0 heterocycles. The molecule has 0 saturated carbocycles. The van der Waals surface area contributed by atoms with E-state index in [-0.39, 0.29) is 12.4 Å². The number of nitrogens with one attached hydrogen (secondary N) is 1. The van der Waals surface area contributed by atoms with Gasteiger partial charge in [0, 0.05) is 6.54 Å². The van der Waals surface area contributed by atoms with Gasteiger partial charge in [-0.3, -0.25) is 0 Å². The summed E-state index contributed by atoms with van der Waals surface area (Å²) in [6.45, 7) is 2.25. The molecule has 1 rings (SSSR count). The maximum atomic E-state index is 12.8. The fourth-order valence-electron chi connectivity index (χ4n) is 1.11. The zero-order chi connectivity index (χ0) is 8.97. The molecule has 3 heteroatoms. The van der Waals surface area contributed by atoms with E-state index in [2.05, 4.69) is 0 Å². The zero-order valence-electron chi connectivity index (χ0n) is 6.97. The molecule has 66 valence electrons. The highest BCUT2D eigenvalue weighted by molar-refractivity contribution is 5.24. The van der Waals surface area contributed by atoms with Crippen LogP contribution in [0.5, 0.6) is 0 Å². The van der Waals surface area contributed by atoms with Gasteiger partial charge in [0.15, 0.2) is 0 Å². The highest BCUT2D eigenvalue weighted by Crippen LogP contribution is 2.09. The Morgan fingerprint density at radius 2 is 2.00 bits per heavy atom. The molecule has 0 aromatic heterocycles. The lowest BCUT2D eigenvalue weighted by Gasteiger charge is -2.02. The highest BCUT2D eigenvalue weighted by Gasteiger charge is 1.98. The standard InChI is InChI=1S/C9H12FNO/c1-2-7-3-8(6-11-12)5-9(10)4-7/h3-5,11-12H,2,6H2,1H3. The third-order valence-corrected chi connectivity index (χ3v) is 1.71. The predicted molar refractivity (Wildman–Crippen MR) is 44.4 cm³/mol. The van der Waals surface area contributed by atoms with Gasteiger partial charge < -0.3 is 5.21 Å². The summed E-state index contributed by atoms with van der Waals surface area (Å²) in [5.41, 5.74) is 3.70. The molecular formula is C9H12FNO. The van der Waals surface area contributed by atoms with Crippen molar-refractivity contribution in [2.45, 2.75) is 19.9 Å². The molecule has 1 aromatic rings. The summed E-state index contributed by atoms with van der Waals surface area (Å²) in [4.78, 5) is 0. The first-order valence-electron chi connectivity index (χ1n) is 3.91. The van der Waals surface area contributed by atoms with Crippen molar-refractivity contribution < 1.29 is 9.60 Å². The largest absolute Gasteiger partial charge is 0.316 e. The van der Waals surface area contributed by atoms with Crippen molar-refractivity contribution in [1.82, 2.24) is 5.48 Å². The van der Waals surface area contributed by atoms with Crippen LogP contribution in [0.3, 0.4) is 0 Å². The quantitative estimate of drug-likeness (QED) is 0.677. The Labute approximate surface area is 71.0 Å². The second-order valence-corrected chi connectivity index (χ2v) is 2.66. The minimum Gasteiger partial charge on any atom is -0.316 e. The highest BCUT2D eigenvalue weighted by atomic mass is 19.1. The van der Waals surface area contributed by atoms with Gasteiger partial charge in [-0.25, -0.2) is 9.87 Å². The molecule has 0 spiro atoms. The van der Waals surface area contributed by atoms with E-state index in [9.17, 15) is 4.39 Å². The molecule has 0 radical (unpaired) electrons. The summed E-state index contributed by atoms with van der Waals surface area (Å²) in [5.74, 6) is -0.250. The molecule has 0 aliphatic carbocycles. The summed E-state index contributed by atoms with van der Waals surface area (Å²) in [5, 5.41) is 8.40. The van der Waals surface area contributed by atoms with Crippen molar-refractivity contribution in [3.05, 3.63) is 35.1 Å². The van der Waals surface area contributed by atoms with Crippen molar-refractivity contribution in [3.63, 3.8) is 0 Å². The lowest BCUT2D eigenvalue weighted by Crippen LogP contribution is -2.06. The van der Waals surface area contributed by atoms with Gasteiger partial charge in [0.1, 0.15) is 5.82 Å². The number of hydrogen-bond donors (Lipinski definition) is 2. The Kier molecular flexibility index (Phi) is 3.19. The second-order valence-electron chi connectivity index (χ2n) is 2.66. The second kappa shape index (κ2) is 4.18. The number of rotatable bonds is 3. The average Bonchev–Trinajstić information content (AvgIpc) is 2.04. The average molecular weight is 169 g/mol. The maximum Gasteiger partial charge on any atom is 0.123 e. The topological polar surface area (TPSA) is 32.3 Å². The zero-order valence-corrected chi connectivity index (χ0v) is 6.97. The minimum absolute atomic E-state index is 0.250. The maximum absolute atomic E-state index is 12.8. The monoisotopic (exact) mass is 169 g/mol. The summed E-state index contributed by atoms with van der Waals surface area (Å²) in [7, 11) is 0. The lowest BCUT2D eigenvalue weighted by molar-refractivity contribution is 0.161. The number of hydrogen-bond acceptors (Lipinski definition) is 2. The van der Waals surface area contributed by atoms with Crippen molar-refractivity contribution >= 4 is 0 Å². The molecule has 0 fully saturated rings. The molecule has 0 amide bonds. The van der Waals surface area contributed by atoms with Gasteiger partial charge in [-0.15, -0.1) is 0 Å². The summed E-state index contributed by atoms with van der Waals surface area (Å²) in [6, 6.07) is 4.77. The van der Waals surface area contributed by atoms with Gasteiger partial charge in [-0.1, -0.05) is 13.0 Å². The molecule has 0 aliphatic heterocycles. The SMILES string of the molecule is CCc1cc(F)cc(CNO)c1. The molecule has 0 bridgehead atoms. The van der Waals surface area contributed by atoms with E-state index in [0.29, 0.717) is 0 Å². The Balaban J connectivity index is 2.90. The van der Waals surface area contributed by atoms with Crippen LogP contribution in [0.2, 0.25) is 0 Å².